The molecule has 1 aromatic heterocycles. The van der Waals surface area contributed by atoms with Gasteiger partial charge in [0, 0.05) is 17.6 Å². The lowest BCUT2D eigenvalue weighted by molar-refractivity contribution is -0.383. The summed E-state index contributed by atoms with van der Waals surface area (Å²) >= 11 is 0. The lowest BCUT2D eigenvalue weighted by Gasteiger charge is -2.01. The van der Waals surface area contributed by atoms with Crippen molar-refractivity contribution < 1.29 is 9.66 Å². The Morgan fingerprint density at radius 2 is 2.21 bits per heavy atom. The number of nitro benzene ring substituents is 1. The summed E-state index contributed by atoms with van der Waals surface area (Å²) in [7, 11) is 1.54. The number of aromatic nitrogens is 1. The van der Waals surface area contributed by atoms with Crippen molar-refractivity contribution in [2.75, 3.05) is 7.11 Å². The van der Waals surface area contributed by atoms with Crippen molar-refractivity contribution in [3.8, 4) is 5.75 Å². The molecule has 2 rings (SSSR count). The summed E-state index contributed by atoms with van der Waals surface area (Å²) in [4.78, 5) is 13.1. The zero-order valence-electron chi connectivity index (χ0n) is 7.48. The van der Waals surface area contributed by atoms with E-state index in [0.717, 1.165) is 5.39 Å². The van der Waals surface area contributed by atoms with Gasteiger partial charge in [0.05, 0.1) is 12.0 Å². The average Bonchev–Trinajstić information content (AvgIpc) is 2.64. The first-order valence-electron chi connectivity index (χ1n) is 4.02. The fourth-order valence-electron chi connectivity index (χ4n) is 1.44. The van der Waals surface area contributed by atoms with Gasteiger partial charge in [-0.3, -0.25) is 10.1 Å². The Morgan fingerprint density at radius 3 is 2.86 bits per heavy atom. The number of non-ortho nitro benzene ring substituents is 1. The van der Waals surface area contributed by atoms with Crippen LogP contribution in [0, 0.1) is 10.1 Å². The predicted octanol–water partition coefficient (Wildman–Crippen LogP) is 2.08. The van der Waals surface area contributed by atoms with Crippen LogP contribution in [0.5, 0.6) is 5.75 Å². The normalized spacial score (nSPS) is 10.4. The molecule has 0 amide bonds. The molecule has 1 N–H and O–H groups in total. The highest BCUT2D eigenvalue weighted by Gasteiger charge is 2.15. The molecule has 0 saturated carbocycles. The van der Waals surface area contributed by atoms with Gasteiger partial charge < -0.3 is 9.72 Å². The summed E-state index contributed by atoms with van der Waals surface area (Å²) in [5, 5.41) is 11.4. The average molecular weight is 192 g/mol. The lowest BCUT2D eigenvalue weighted by Crippen LogP contribution is -1.90. The van der Waals surface area contributed by atoms with Crippen molar-refractivity contribution in [3.63, 3.8) is 0 Å². The molecule has 0 radical (unpaired) electrons. The van der Waals surface area contributed by atoms with Crippen molar-refractivity contribution >= 4 is 16.6 Å². The van der Waals surface area contributed by atoms with Gasteiger partial charge >= 0.3 is 0 Å². The molecule has 0 bridgehead atoms. The minimum atomic E-state index is -0.418. The Hall–Kier alpha value is -2.04. The molecule has 5 nitrogen and oxygen atoms in total. The van der Waals surface area contributed by atoms with Crippen molar-refractivity contribution in [2.45, 2.75) is 0 Å². The van der Waals surface area contributed by atoms with Crippen molar-refractivity contribution in [1.82, 2.24) is 4.98 Å². The zero-order chi connectivity index (χ0) is 10.1. The Labute approximate surface area is 79.5 Å². The van der Waals surface area contributed by atoms with Crippen LogP contribution in [0.25, 0.3) is 10.9 Å². The summed E-state index contributed by atoms with van der Waals surface area (Å²) in [5.74, 6) is 0.631. The summed E-state index contributed by atoms with van der Waals surface area (Å²) in [6.07, 6.45) is 1.65. The second-order valence-electron chi connectivity index (χ2n) is 2.81. The summed E-state index contributed by atoms with van der Waals surface area (Å²) in [6, 6.07) is 4.77. The van der Waals surface area contributed by atoms with E-state index >= 15 is 0 Å². The van der Waals surface area contributed by atoms with Gasteiger partial charge in [-0.2, -0.15) is 0 Å². The van der Waals surface area contributed by atoms with Crippen LogP contribution in [-0.2, 0) is 0 Å². The van der Waals surface area contributed by atoms with E-state index < -0.39 is 4.92 Å². The SMILES string of the molecule is COc1ccc([N+](=O)[O-])c2[nH]ccc12. The topological polar surface area (TPSA) is 68.2 Å². The van der Waals surface area contributed by atoms with Crippen LogP contribution in [0.3, 0.4) is 0 Å². The van der Waals surface area contributed by atoms with Gasteiger partial charge in [-0.25, -0.2) is 0 Å². The predicted molar refractivity (Wildman–Crippen MR) is 51.5 cm³/mol. The van der Waals surface area contributed by atoms with Crippen LogP contribution >= 0.6 is 0 Å². The van der Waals surface area contributed by atoms with Gasteiger partial charge in [-0.05, 0) is 12.1 Å². The van der Waals surface area contributed by atoms with Gasteiger partial charge in [0.25, 0.3) is 5.69 Å². The number of ether oxygens (including phenoxy) is 1. The summed E-state index contributed by atoms with van der Waals surface area (Å²) in [6.45, 7) is 0. The number of aromatic amines is 1. The van der Waals surface area contributed by atoms with E-state index in [9.17, 15) is 10.1 Å². The minimum Gasteiger partial charge on any atom is -0.496 e. The number of rotatable bonds is 2. The highest BCUT2D eigenvalue weighted by molar-refractivity contribution is 5.92. The van der Waals surface area contributed by atoms with E-state index in [1.807, 2.05) is 0 Å². The molecule has 0 aliphatic rings. The molecule has 0 fully saturated rings. The first-order chi connectivity index (χ1) is 6.74. The van der Waals surface area contributed by atoms with Crippen LogP contribution in [-0.4, -0.2) is 17.0 Å². The monoisotopic (exact) mass is 192 g/mol. The molecule has 0 spiro atoms. The molecule has 5 heteroatoms. The molecule has 0 unspecified atom stereocenters. The van der Waals surface area contributed by atoms with Gasteiger partial charge in [0.1, 0.15) is 11.3 Å². The fraction of sp³-hybridized carbons (Fsp3) is 0.111. The van der Waals surface area contributed by atoms with Gasteiger partial charge in [0.2, 0.25) is 0 Å². The number of nitrogens with one attached hydrogen (secondary N) is 1. The van der Waals surface area contributed by atoms with E-state index in [2.05, 4.69) is 4.98 Å². The molecule has 72 valence electrons. The first-order valence-corrected chi connectivity index (χ1v) is 4.02. The number of H-pyrrole nitrogens is 1. The van der Waals surface area contributed by atoms with Crippen LogP contribution in [0.1, 0.15) is 0 Å². The maximum Gasteiger partial charge on any atom is 0.293 e. The molecule has 1 aromatic carbocycles. The lowest BCUT2D eigenvalue weighted by atomic mass is 10.2. The molecule has 0 aliphatic carbocycles. The largest absolute Gasteiger partial charge is 0.496 e. The van der Waals surface area contributed by atoms with E-state index in [-0.39, 0.29) is 5.69 Å². The second-order valence-corrected chi connectivity index (χ2v) is 2.81. The third kappa shape index (κ3) is 1.10. The van der Waals surface area contributed by atoms with Crippen molar-refractivity contribution in [3.05, 3.63) is 34.5 Å². The summed E-state index contributed by atoms with van der Waals surface area (Å²) < 4.78 is 5.08. The van der Waals surface area contributed by atoms with Gasteiger partial charge in [-0.1, -0.05) is 0 Å². The molecule has 0 atom stereocenters. The van der Waals surface area contributed by atoms with E-state index in [0.29, 0.717) is 11.3 Å². The molecule has 0 saturated heterocycles. The molecule has 2 aromatic rings. The van der Waals surface area contributed by atoms with Gasteiger partial charge in [-0.15, -0.1) is 0 Å². The smallest absolute Gasteiger partial charge is 0.293 e. The Kier molecular flexibility index (Phi) is 1.85. The number of hydrogen-bond acceptors (Lipinski definition) is 3. The first kappa shape index (κ1) is 8.55. The number of hydrogen-bond donors (Lipinski definition) is 1. The van der Waals surface area contributed by atoms with Crippen LogP contribution in [0.2, 0.25) is 0 Å². The Balaban J connectivity index is 2.78. The molecule has 0 aliphatic heterocycles. The number of methoxy groups -OCH3 is 1. The van der Waals surface area contributed by atoms with Crippen molar-refractivity contribution in [2.24, 2.45) is 0 Å². The Morgan fingerprint density at radius 1 is 1.43 bits per heavy atom. The Bertz CT molecular complexity index is 490. The molecule has 14 heavy (non-hydrogen) atoms. The molecular formula is C9H8N2O3. The standard InChI is InChI=1S/C9H8N2O3/c1-14-8-3-2-7(11(12)13)9-6(8)4-5-10-9/h2-5,10H,1H3. The summed E-state index contributed by atoms with van der Waals surface area (Å²) in [5.41, 5.74) is 0.556. The zero-order valence-corrected chi connectivity index (χ0v) is 7.48. The highest BCUT2D eigenvalue weighted by Crippen LogP contribution is 2.31. The quantitative estimate of drug-likeness (QED) is 0.585. The molecule has 1 heterocycles. The third-order valence-corrected chi connectivity index (χ3v) is 2.08. The number of fused-ring (bicyclic) bond motifs is 1. The van der Waals surface area contributed by atoms with E-state index in [4.69, 9.17) is 4.74 Å². The minimum absolute atomic E-state index is 0.0609. The van der Waals surface area contributed by atoms with Crippen molar-refractivity contribution in [1.29, 1.82) is 0 Å². The molecular weight excluding hydrogens is 184 g/mol. The van der Waals surface area contributed by atoms with Crippen LogP contribution < -0.4 is 4.74 Å². The third-order valence-electron chi connectivity index (χ3n) is 2.08. The van der Waals surface area contributed by atoms with Gasteiger partial charge in [0.15, 0.2) is 0 Å². The second kappa shape index (κ2) is 3.02. The maximum atomic E-state index is 10.7. The number of nitrogens with zero attached hydrogens (tertiary/aromatic N) is 1. The van der Waals surface area contributed by atoms with E-state index in [1.165, 1.54) is 13.2 Å². The van der Waals surface area contributed by atoms with Crippen LogP contribution in [0.4, 0.5) is 5.69 Å². The number of nitro groups is 1. The number of benzene rings is 1. The van der Waals surface area contributed by atoms with E-state index in [1.54, 1.807) is 18.3 Å². The fourth-order valence-corrected chi connectivity index (χ4v) is 1.44. The maximum absolute atomic E-state index is 10.7. The van der Waals surface area contributed by atoms with Crippen LogP contribution in [0.15, 0.2) is 24.4 Å². The highest BCUT2D eigenvalue weighted by atomic mass is 16.6.